The minimum Gasteiger partial charge on any atom is -0.480 e. The van der Waals surface area contributed by atoms with E-state index in [0.29, 0.717) is 0 Å². The molecule has 13 heteroatoms. The van der Waals surface area contributed by atoms with E-state index >= 15 is 0 Å². The van der Waals surface area contributed by atoms with Gasteiger partial charge in [0.25, 0.3) is 0 Å². The van der Waals surface area contributed by atoms with E-state index in [1.165, 1.54) is 0 Å². The van der Waals surface area contributed by atoms with Crippen molar-refractivity contribution < 1.29 is 43.4 Å². The number of carboxylic acid groups (broad SMARTS) is 2. The summed E-state index contributed by atoms with van der Waals surface area (Å²) in [6.45, 7) is 9.49. The molecule has 0 spiro atoms. The number of carbonyl (C=O) groups excluding carboxylic acids is 2. The van der Waals surface area contributed by atoms with Gasteiger partial charge < -0.3 is 34.9 Å². The molecule has 0 fully saturated rings. The fourth-order valence-electron chi connectivity index (χ4n) is 4.44. The lowest BCUT2D eigenvalue weighted by Crippen LogP contribution is -2.42. The highest BCUT2D eigenvalue weighted by molar-refractivity contribution is 9.10. The topological polar surface area (TPSA) is 168 Å². The lowest BCUT2D eigenvalue weighted by Gasteiger charge is -2.15. The van der Waals surface area contributed by atoms with E-state index in [0.717, 1.165) is 32.3 Å². The van der Waals surface area contributed by atoms with Gasteiger partial charge in [-0.1, -0.05) is 119 Å². The van der Waals surface area contributed by atoms with Gasteiger partial charge in [0, 0.05) is 17.3 Å². The van der Waals surface area contributed by atoms with Crippen LogP contribution in [0.4, 0.5) is 9.59 Å². The number of hydrogen-bond acceptors (Lipinski definition) is 7. The summed E-state index contributed by atoms with van der Waals surface area (Å²) >= 11 is 3.33. The molecule has 4 N–H and O–H groups in total. The summed E-state index contributed by atoms with van der Waals surface area (Å²) in [5, 5.41) is 23.4. The Balaban J connectivity index is 0.000000356. The molecular weight excluding hydrogens is 763 g/mol. The van der Waals surface area contributed by atoms with E-state index in [4.69, 9.17) is 9.47 Å². The van der Waals surface area contributed by atoms with E-state index in [1.807, 2.05) is 84.9 Å². The van der Waals surface area contributed by atoms with Gasteiger partial charge in [0.2, 0.25) is 0 Å². The Labute approximate surface area is 318 Å². The summed E-state index contributed by atoms with van der Waals surface area (Å²) in [5.74, 6) is -0.606. The van der Waals surface area contributed by atoms with Gasteiger partial charge in [-0.05, 0) is 59.1 Å². The molecule has 280 valence electrons. The van der Waals surface area contributed by atoms with Crippen LogP contribution in [-0.2, 0) is 49.7 Å². The summed E-state index contributed by atoms with van der Waals surface area (Å²) in [5.41, 5.74) is 4.00. The number of rotatable bonds is 14. The van der Waals surface area contributed by atoms with Gasteiger partial charge in [0.15, 0.2) is 0 Å². The Morgan fingerprint density at radius 3 is 1.51 bits per heavy atom. The molecule has 4 aromatic carbocycles. The number of hydrogen-bond donors (Lipinski definition) is 4. The van der Waals surface area contributed by atoms with E-state index in [-0.39, 0.29) is 26.1 Å². The number of aliphatic carboxylic acids is 2. The van der Waals surface area contributed by atoms with E-state index in [1.54, 1.807) is 49.5 Å². The molecule has 0 saturated heterocycles. The summed E-state index contributed by atoms with van der Waals surface area (Å²) in [6, 6.07) is 30.6. The molecule has 4 rings (SSSR count). The van der Waals surface area contributed by atoms with Crippen molar-refractivity contribution in [3.05, 3.63) is 160 Å². The van der Waals surface area contributed by atoms with Crippen LogP contribution in [0.2, 0.25) is 0 Å². The van der Waals surface area contributed by atoms with Gasteiger partial charge in [-0.3, -0.25) is 0 Å². The van der Waals surface area contributed by atoms with Crippen LogP contribution in [0, 0.1) is 0 Å². The number of nitrogens with one attached hydrogen (secondary N) is 2. The van der Waals surface area contributed by atoms with Crippen molar-refractivity contribution in [2.75, 3.05) is 13.3 Å². The third kappa shape index (κ3) is 18.6. The molecule has 2 atom stereocenters. The van der Waals surface area contributed by atoms with Crippen LogP contribution in [0.15, 0.2) is 133 Å². The number of carbonyl (C=O) groups is 4. The molecule has 0 aliphatic carbocycles. The molecule has 53 heavy (non-hydrogen) atoms. The lowest BCUT2D eigenvalue weighted by molar-refractivity contribution is -0.140. The van der Waals surface area contributed by atoms with Gasteiger partial charge in [0.1, 0.15) is 32.4 Å². The summed E-state index contributed by atoms with van der Waals surface area (Å²) in [6.07, 6.45) is 0.492. The highest BCUT2D eigenvalue weighted by Crippen LogP contribution is 2.38. The standard InChI is InChI=1S/C21H24NO5P.C17H16BrNO4.C2H4/c1-28(2,26)12-11-16-9-6-10-18(13-16)14-19(20(23)24)22-21(25)27-15-17-7-4-3-5-8-17;18-14-8-4-7-13(9-14)10-15(16(20)21)19-17(22)23-11-12-5-2-1-3-6-12;1-2/h3-13,19H,14-15H2,1-2H3,(H,22,25)(H,23,24);1-9,15H,10-11H2,(H,19,22)(H,20,21);1-2H2/b12-11-;;. The van der Waals surface area contributed by atoms with Crippen LogP contribution in [0.1, 0.15) is 27.8 Å². The van der Waals surface area contributed by atoms with E-state index in [9.17, 15) is 34.0 Å². The van der Waals surface area contributed by atoms with Crippen LogP contribution in [-0.4, -0.2) is 59.8 Å². The number of carboxylic acids is 2. The first-order valence-electron chi connectivity index (χ1n) is 16.2. The first kappa shape index (κ1) is 43.7. The van der Waals surface area contributed by atoms with Crippen LogP contribution in [0.3, 0.4) is 0 Å². The Morgan fingerprint density at radius 2 is 1.09 bits per heavy atom. The van der Waals surface area contributed by atoms with Gasteiger partial charge >= 0.3 is 24.1 Å². The average molecular weight is 808 g/mol. The lowest BCUT2D eigenvalue weighted by atomic mass is 10.0. The predicted octanol–water partition coefficient (Wildman–Crippen LogP) is 8.38. The summed E-state index contributed by atoms with van der Waals surface area (Å²) < 4.78 is 22.8. The van der Waals surface area contributed by atoms with Crippen molar-refractivity contribution >= 4 is 53.3 Å². The second-order valence-electron chi connectivity index (χ2n) is 11.7. The maximum atomic E-state index is 12.0. The number of alkyl carbamates (subject to hydrolysis) is 2. The number of halogens is 1. The van der Waals surface area contributed by atoms with Crippen molar-refractivity contribution in [3.63, 3.8) is 0 Å². The number of amides is 2. The molecule has 0 saturated carbocycles. The zero-order valence-corrected chi connectivity index (χ0v) is 32.0. The quantitative estimate of drug-likeness (QED) is 0.0723. The van der Waals surface area contributed by atoms with Crippen LogP contribution in [0.5, 0.6) is 0 Å². The van der Waals surface area contributed by atoms with Crippen LogP contribution < -0.4 is 10.6 Å². The van der Waals surface area contributed by atoms with Gasteiger partial charge in [0.05, 0.1) is 0 Å². The molecule has 0 aliphatic heterocycles. The first-order chi connectivity index (χ1) is 25.3. The largest absolute Gasteiger partial charge is 0.480 e. The summed E-state index contributed by atoms with van der Waals surface area (Å²) in [4.78, 5) is 46.6. The normalized spacial score (nSPS) is 11.7. The van der Waals surface area contributed by atoms with Crippen molar-refractivity contribution in [2.45, 2.75) is 38.1 Å². The molecule has 0 aromatic heterocycles. The zero-order valence-electron chi connectivity index (χ0n) is 29.5. The van der Waals surface area contributed by atoms with Crippen molar-refractivity contribution in [1.82, 2.24) is 10.6 Å². The second kappa shape index (κ2) is 23.2. The maximum absolute atomic E-state index is 12.0. The van der Waals surface area contributed by atoms with Crippen molar-refractivity contribution in [2.24, 2.45) is 0 Å². The molecule has 0 aliphatic rings. The first-order valence-corrected chi connectivity index (χ1v) is 19.7. The molecule has 11 nitrogen and oxygen atoms in total. The van der Waals surface area contributed by atoms with Gasteiger partial charge in [-0.25, -0.2) is 19.2 Å². The maximum Gasteiger partial charge on any atom is 0.408 e. The minimum absolute atomic E-state index is 0.0629. The fourth-order valence-corrected chi connectivity index (χ4v) is 5.42. The Bertz CT molecular complexity index is 1850. The molecule has 2 unspecified atom stereocenters. The van der Waals surface area contributed by atoms with Crippen molar-refractivity contribution in [3.8, 4) is 0 Å². The van der Waals surface area contributed by atoms with Gasteiger partial charge in [-0.2, -0.15) is 0 Å². The van der Waals surface area contributed by atoms with Crippen LogP contribution in [0.25, 0.3) is 6.08 Å². The highest BCUT2D eigenvalue weighted by Gasteiger charge is 2.22. The molecule has 4 aromatic rings. The Morgan fingerprint density at radius 1 is 0.679 bits per heavy atom. The molecule has 0 bridgehead atoms. The number of benzene rings is 4. The second-order valence-corrected chi connectivity index (χ2v) is 15.8. The third-order valence-corrected chi connectivity index (χ3v) is 8.31. The summed E-state index contributed by atoms with van der Waals surface area (Å²) in [7, 11) is -2.29. The third-order valence-electron chi connectivity index (χ3n) is 6.95. The molecule has 0 radical (unpaired) electrons. The monoisotopic (exact) mass is 806 g/mol. The smallest absolute Gasteiger partial charge is 0.408 e. The molecule has 0 heterocycles. The highest BCUT2D eigenvalue weighted by atomic mass is 79.9. The van der Waals surface area contributed by atoms with Crippen LogP contribution >= 0.6 is 23.1 Å². The fraction of sp³-hybridized carbons (Fsp3) is 0.200. The predicted molar refractivity (Wildman–Crippen MR) is 210 cm³/mol. The SMILES string of the molecule is C=C.CP(C)(=O)/C=C\c1cccc(CC(NC(=O)OCc2ccccc2)C(=O)O)c1.O=C(NC(Cc1cccc(Br)c1)C(=O)O)OCc1ccccc1. The van der Waals surface area contributed by atoms with Crippen molar-refractivity contribution in [1.29, 1.82) is 0 Å². The molecule has 2 amide bonds. The minimum atomic E-state index is -2.29. The Kier molecular flexibility index (Phi) is 19.1. The van der Waals surface area contributed by atoms with Gasteiger partial charge in [-0.15, -0.1) is 13.2 Å². The average Bonchev–Trinajstić information content (AvgIpc) is 3.13. The van der Waals surface area contributed by atoms with E-state index in [2.05, 4.69) is 39.7 Å². The zero-order chi connectivity index (χ0) is 39.2. The Hall–Kier alpha value is -5.45. The number of ether oxygens (including phenoxy) is 2. The van der Waals surface area contributed by atoms with E-state index < -0.39 is 43.4 Å². The molecular formula is C40H44BrN2O9P.